The molecule has 1 aromatic rings. The van der Waals surface area contributed by atoms with E-state index < -0.39 is 0 Å². The number of anilines is 1. The van der Waals surface area contributed by atoms with E-state index in [0.29, 0.717) is 6.17 Å². The molecule has 1 saturated carbocycles. The Bertz CT molecular complexity index is 586. The molecule has 2 fully saturated rings. The van der Waals surface area contributed by atoms with Crippen LogP contribution in [0.2, 0.25) is 0 Å². The van der Waals surface area contributed by atoms with Gasteiger partial charge in [0.05, 0.1) is 19.0 Å². The van der Waals surface area contributed by atoms with Gasteiger partial charge >= 0.3 is 0 Å². The van der Waals surface area contributed by atoms with Gasteiger partial charge in [-0.15, -0.1) is 0 Å². The van der Waals surface area contributed by atoms with Crippen LogP contribution in [0.5, 0.6) is 5.75 Å². The Morgan fingerprint density at radius 3 is 2.81 bits per heavy atom. The Labute approximate surface area is 135 Å². The second kappa shape index (κ2) is 4.63. The molecular weight excluding hydrogens is 328 g/mol. The maximum absolute atomic E-state index is 5.49. The minimum atomic E-state index is 0.218. The average molecular weight is 351 g/mol. The van der Waals surface area contributed by atoms with Crippen LogP contribution < -0.4 is 9.64 Å². The summed E-state index contributed by atoms with van der Waals surface area (Å²) in [4.78, 5) is 5.19. The number of fused-ring (bicyclic) bond motifs is 3. The Hall–Kier alpha value is -0.740. The first-order valence-electron chi connectivity index (χ1n) is 7.89. The lowest BCUT2D eigenvalue weighted by molar-refractivity contribution is 0.215. The van der Waals surface area contributed by atoms with Crippen LogP contribution >= 0.6 is 15.9 Å². The molecule has 1 unspecified atom stereocenters. The smallest absolute Gasteiger partial charge is 0.120 e. The molecule has 3 nitrogen and oxygen atoms in total. The number of rotatable bonds is 3. The molecule has 1 aliphatic carbocycles. The molecule has 4 rings (SSSR count). The summed E-state index contributed by atoms with van der Waals surface area (Å²) >= 11 is 3.75. The number of nitrogens with zero attached hydrogens (tertiary/aromatic N) is 2. The molecule has 0 bridgehead atoms. The van der Waals surface area contributed by atoms with E-state index in [9.17, 15) is 0 Å². The van der Waals surface area contributed by atoms with Gasteiger partial charge in [0.2, 0.25) is 0 Å². The van der Waals surface area contributed by atoms with Gasteiger partial charge in [0.1, 0.15) is 5.75 Å². The van der Waals surface area contributed by atoms with Crippen LogP contribution in [0.25, 0.3) is 0 Å². The maximum Gasteiger partial charge on any atom is 0.120 e. The first-order valence-corrected chi connectivity index (χ1v) is 8.69. The monoisotopic (exact) mass is 350 g/mol. The van der Waals surface area contributed by atoms with Gasteiger partial charge in [0.25, 0.3) is 0 Å². The van der Waals surface area contributed by atoms with Gasteiger partial charge in [-0.05, 0) is 58.8 Å². The number of methoxy groups -OCH3 is 1. The van der Waals surface area contributed by atoms with E-state index in [4.69, 9.17) is 4.74 Å². The summed E-state index contributed by atoms with van der Waals surface area (Å²) in [6.45, 7) is 4.92. The van der Waals surface area contributed by atoms with Crippen LogP contribution in [0.3, 0.4) is 0 Å². The van der Waals surface area contributed by atoms with Gasteiger partial charge < -0.3 is 9.64 Å². The number of likely N-dealkylation sites (N-methyl/N-ethyl adjacent to an activating group) is 1. The fraction of sp³-hybridized carbons (Fsp3) is 0.647. The fourth-order valence-corrected chi connectivity index (χ4v) is 5.13. The first kappa shape index (κ1) is 13.9. The van der Waals surface area contributed by atoms with Crippen molar-refractivity contribution >= 4 is 21.6 Å². The number of halogens is 1. The lowest BCUT2D eigenvalue weighted by Crippen LogP contribution is -2.47. The van der Waals surface area contributed by atoms with Gasteiger partial charge in [-0.25, -0.2) is 0 Å². The molecule has 0 amide bonds. The number of hydrogen-bond acceptors (Lipinski definition) is 3. The Balaban J connectivity index is 1.77. The number of benzene rings is 1. The van der Waals surface area contributed by atoms with E-state index in [1.54, 1.807) is 7.11 Å². The van der Waals surface area contributed by atoms with E-state index >= 15 is 0 Å². The summed E-state index contributed by atoms with van der Waals surface area (Å²) in [5, 5.41) is 0. The van der Waals surface area contributed by atoms with Crippen molar-refractivity contribution in [3.05, 3.63) is 22.2 Å². The van der Waals surface area contributed by atoms with E-state index in [0.717, 1.165) is 16.1 Å². The summed E-state index contributed by atoms with van der Waals surface area (Å²) in [6, 6.07) is 4.34. The van der Waals surface area contributed by atoms with E-state index in [1.807, 2.05) is 0 Å². The lowest BCUT2D eigenvalue weighted by Gasteiger charge is -2.35. The average Bonchev–Trinajstić information content (AvgIpc) is 3.16. The highest BCUT2D eigenvalue weighted by Crippen LogP contribution is 2.55. The highest BCUT2D eigenvalue weighted by atomic mass is 79.9. The SMILES string of the molecule is COc1cc(Br)c2c(c1)[C@]1(C)CCN(CC3CC3)C1N2C. The second-order valence-electron chi connectivity index (χ2n) is 7.10. The fourth-order valence-electron chi connectivity index (χ4n) is 4.41. The van der Waals surface area contributed by atoms with Crippen molar-refractivity contribution < 1.29 is 4.74 Å². The molecule has 1 aromatic carbocycles. The number of ether oxygens (including phenoxy) is 1. The van der Waals surface area contributed by atoms with Crippen molar-refractivity contribution in [1.29, 1.82) is 0 Å². The topological polar surface area (TPSA) is 15.7 Å². The van der Waals surface area contributed by atoms with Crippen molar-refractivity contribution in [3.8, 4) is 5.75 Å². The van der Waals surface area contributed by atoms with Crippen LogP contribution in [0.15, 0.2) is 16.6 Å². The highest BCUT2D eigenvalue weighted by molar-refractivity contribution is 9.10. The van der Waals surface area contributed by atoms with E-state index in [2.05, 4.69) is 51.8 Å². The zero-order valence-electron chi connectivity index (χ0n) is 13.0. The molecule has 0 aromatic heterocycles. The molecule has 0 radical (unpaired) electrons. The number of likely N-dealkylation sites (tertiary alicyclic amines) is 1. The van der Waals surface area contributed by atoms with Gasteiger partial charge in [-0.1, -0.05) is 6.92 Å². The minimum Gasteiger partial charge on any atom is -0.497 e. The predicted octanol–water partition coefficient (Wildman–Crippen LogP) is 3.61. The normalized spacial score (nSPS) is 31.4. The lowest BCUT2D eigenvalue weighted by atomic mass is 9.81. The van der Waals surface area contributed by atoms with Crippen molar-refractivity contribution in [2.75, 3.05) is 32.1 Å². The molecular formula is C17H23BrN2O. The largest absolute Gasteiger partial charge is 0.497 e. The van der Waals surface area contributed by atoms with Crippen molar-refractivity contribution in [1.82, 2.24) is 4.90 Å². The van der Waals surface area contributed by atoms with Crippen molar-refractivity contribution in [2.45, 2.75) is 37.8 Å². The first-order chi connectivity index (χ1) is 10.0. The third-order valence-corrected chi connectivity index (χ3v) is 6.24. The highest BCUT2D eigenvalue weighted by Gasteiger charge is 2.54. The molecule has 21 heavy (non-hydrogen) atoms. The Morgan fingerprint density at radius 2 is 2.14 bits per heavy atom. The molecule has 2 heterocycles. The standard InChI is InChI=1S/C17H23BrN2O/c1-17-6-7-20(10-11-4-5-11)16(17)19(2)15-13(17)8-12(21-3)9-14(15)18/h8-9,11,16H,4-7,10H2,1-3H3/t16?,17-/m0/s1. The van der Waals surface area contributed by atoms with Gasteiger partial charge in [0.15, 0.2) is 0 Å². The summed E-state index contributed by atoms with van der Waals surface area (Å²) in [6.07, 6.45) is 4.58. The summed E-state index contributed by atoms with van der Waals surface area (Å²) in [7, 11) is 4.00. The van der Waals surface area contributed by atoms with Crippen LogP contribution in [0.1, 0.15) is 31.7 Å². The van der Waals surface area contributed by atoms with Gasteiger partial charge in [-0.3, -0.25) is 4.90 Å². The summed E-state index contributed by atoms with van der Waals surface area (Å²) < 4.78 is 6.64. The molecule has 3 aliphatic rings. The predicted molar refractivity (Wildman–Crippen MR) is 89.2 cm³/mol. The molecule has 1 saturated heterocycles. The zero-order chi connectivity index (χ0) is 14.8. The van der Waals surface area contributed by atoms with Crippen molar-refractivity contribution in [3.63, 3.8) is 0 Å². The van der Waals surface area contributed by atoms with Crippen molar-refractivity contribution in [2.24, 2.45) is 5.92 Å². The quantitative estimate of drug-likeness (QED) is 0.828. The van der Waals surface area contributed by atoms with E-state index in [1.165, 1.54) is 43.6 Å². The van der Waals surface area contributed by atoms with Gasteiger partial charge in [-0.2, -0.15) is 0 Å². The van der Waals surface area contributed by atoms with Crippen LogP contribution in [-0.2, 0) is 5.41 Å². The second-order valence-corrected chi connectivity index (χ2v) is 7.95. The molecule has 4 heteroatoms. The van der Waals surface area contributed by atoms with Crippen LogP contribution in [0, 0.1) is 5.92 Å². The minimum absolute atomic E-state index is 0.218. The molecule has 0 spiro atoms. The summed E-state index contributed by atoms with van der Waals surface area (Å²) in [5.74, 6) is 1.90. The summed E-state index contributed by atoms with van der Waals surface area (Å²) in [5.41, 5.74) is 3.01. The van der Waals surface area contributed by atoms with Crippen LogP contribution in [0.4, 0.5) is 5.69 Å². The third-order valence-electron chi connectivity index (χ3n) is 5.63. The van der Waals surface area contributed by atoms with E-state index in [-0.39, 0.29) is 5.41 Å². The Kier molecular flexibility index (Phi) is 3.06. The molecule has 2 atom stereocenters. The Morgan fingerprint density at radius 1 is 1.38 bits per heavy atom. The maximum atomic E-state index is 5.49. The number of hydrogen-bond donors (Lipinski definition) is 0. The molecule has 114 valence electrons. The molecule has 0 N–H and O–H groups in total. The molecule has 2 aliphatic heterocycles. The van der Waals surface area contributed by atoms with Crippen LogP contribution in [-0.4, -0.2) is 38.3 Å². The van der Waals surface area contributed by atoms with Gasteiger partial charge in [0, 0.05) is 30.0 Å². The zero-order valence-corrected chi connectivity index (χ0v) is 14.6. The third kappa shape index (κ3) is 1.95.